The lowest BCUT2D eigenvalue weighted by Gasteiger charge is -2.42. The van der Waals surface area contributed by atoms with Gasteiger partial charge in [0.05, 0.1) is 12.0 Å². The molecule has 5 nitrogen and oxygen atoms in total. The minimum atomic E-state index is -0.337. The van der Waals surface area contributed by atoms with Crippen molar-refractivity contribution < 1.29 is 14.3 Å². The topological polar surface area (TPSA) is 49.9 Å². The van der Waals surface area contributed by atoms with Crippen LogP contribution in [0.5, 0.6) is 0 Å². The molecule has 0 aromatic rings. The zero-order valence-electron chi connectivity index (χ0n) is 15.9. The molecule has 0 saturated heterocycles. The molecule has 1 saturated carbocycles. The molecule has 1 aliphatic carbocycles. The molecule has 26 heavy (non-hydrogen) atoms. The van der Waals surface area contributed by atoms with Crippen LogP contribution in [0.15, 0.2) is 12.3 Å². The molecule has 2 rings (SSSR count). The molecule has 0 radical (unpaired) electrons. The first kappa shape index (κ1) is 21.2. The van der Waals surface area contributed by atoms with E-state index in [1.165, 1.54) is 0 Å². The lowest BCUT2D eigenvalue weighted by atomic mass is 9.62. The van der Waals surface area contributed by atoms with Crippen LogP contribution in [0.1, 0.15) is 59.3 Å². The van der Waals surface area contributed by atoms with Crippen LogP contribution in [0.25, 0.3) is 0 Å². The third-order valence-electron chi connectivity index (χ3n) is 5.73. The summed E-state index contributed by atoms with van der Waals surface area (Å²) in [4.78, 5) is 28.6. The van der Waals surface area contributed by atoms with Crippen molar-refractivity contribution in [3.8, 4) is 0 Å². The van der Waals surface area contributed by atoms with Gasteiger partial charge >= 0.3 is 5.97 Å². The molecule has 0 aromatic carbocycles. The van der Waals surface area contributed by atoms with Crippen molar-refractivity contribution in [2.24, 2.45) is 11.3 Å². The molecule has 3 atom stereocenters. The van der Waals surface area contributed by atoms with Gasteiger partial charge in [-0.05, 0) is 57.9 Å². The van der Waals surface area contributed by atoms with Crippen LogP contribution in [-0.4, -0.2) is 45.3 Å². The van der Waals surface area contributed by atoms with Crippen LogP contribution >= 0.6 is 24.8 Å². The zero-order chi connectivity index (χ0) is 19.3. The Hall–Kier alpha value is -1.08. The number of thiocarbonyl (C=S) groups is 1. The number of hydrogen-bond donors (Lipinski definition) is 1. The fraction of sp³-hybridized carbons (Fsp3) is 0.737. The maximum absolute atomic E-state index is 12.5. The second kappa shape index (κ2) is 9.22. The van der Waals surface area contributed by atoms with Crippen molar-refractivity contribution in [1.29, 1.82) is 0 Å². The van der Waals surface area contributed by atoms with Crippen LogP contribution < -0.4 is 0 Å². The van der Waals surface area contributed by atoms with Gasteiger partial charge in [-0.15, -0.1) is 12.6 Å². The number of hydrogen-bond acceptors (Lipinski definition) is 6. The molecule has 0 aromatic heterocycles. The maximum atomic E-state index is 12.5. The molecular weight excluding hydrogens is 368 g/mol. The maximum Gasteiger partial charge on any atom is 0.312 e. The van der Waals surface area contributed by atoms with Crippen LogP contribution in [-0.2, 0) is 14.3 Å². The third kappa shape index (κ3) is 4.60. The molecule has 1 aliphatic heterocycles. The Morgan fingerprint density at radius 3 is 2.69 bits per heavy atom. The average molecular weight is 399 g/mol. The normalized spacial score (nSPS) is 28.1. The monoisotopic (exact) mass is 398 g/mol. The Bertz CT molecular complexity index is 581. The first-order valence-corrected chi connectivity index (χ1v) is 10.4. The van der Waals surface area contributed by atoms with Gasteiger partial charge in [0, 0.05) is 19.2 Å². The van der Waals surface area contributed by atoms with Gasteiger partial charge in [0.1, 0.15) is 4.99 Å². The predicted molar refractivity (Wildman–Crippen MR) is 110 cm³/mol. The van der Waals surface area contributed by atoms with Crippen molar-refractivity contribution >= 4 is 41.7 Å². The van der Waals surface area contributed by atoms with E-state index in [0.29, 0.717) is 23.9 Å². The second-order valence-corrected chi connectivity index (χ2v) is 8.28. The van der Waals surface area contributed by atoms with Crippen molar-refractivity contribution in [2.45, 2.75) is 64.8 Å². The van der Waals surface area contributed by atoms with E-state index < -0.39 is 0 Å². The van der Waals surface area contributed by atoms with Gasteiger partial charge in [-0.2, -0.15) is 0 Å². The number of ether oxygens (including phenoxy) is 1. The summed E-state index contributed by atoms with van der Waals surface area (Å²) in [6.45, 7) is 7.30. The number of carbonyl (C=O) groups is 2. The summed E-state index contributed by atoms with van der Waals surface area (Å²) in [7, 11) is 0. The van der Waals surface area contributed by atoms with Crippen LogP contribution in [0.3, 0.4) is 0 Å². The highest BCUT2D eigenvalue weighted by Gasteiger charge is 2.47. The van der Waals surface area contributed by atoms with E-state index in [0.717, 1.165) is 38.6 Å². The first-order chi connectivity index (χ1) is 12.3. The molecule has 2 aliphatic rings. The molecule has 7 heteroatoms. The standard InChI is InChI=1S/C19H30N2O3S2/c1-4-20-12-10-16(25)21(18(20)26)15(22)8-6-5-7-13-24-17(23)19(3)11-9-14(19)2/h10,12,14,18,26H,4-9,11,13H2,1-3H3. The Balaban J connectivity index is 1.65. The van der Waals surface area contributed by atoms with Gasteiger partial charge < -0.3 is 9.64 Å². The van der Waals surface area contributed by atoms with Crippen molar-refractivity contribution in [3.63, 3.8) is 0 Å². The molecule has 1 heterocycles. The van der Waals surface area contributed by atoms with E-state index in [9.17, 15) is 9.59 Å². The molecular formula is C19H30N2O3S2. The fourth-order valence-corrected chi connectivity index (χ4v) is 4.11. The van der Waals surface area contributed by atoms with E-state index in [2.05, 4.69) is 19.6 Å². The van der Waals surface area contributed by atoms with Crippen molar-refractivity contribution in [1.82, 2.24) is 9.80 Å². The second-order valence-electron chi connectivity index (χ2n) is 7.40. The minimum absolute atomic E-state index is 0.00870. The number of amides is 1. The summed E-state index contributed by atoms with van der Waals surface area (Å²) in [5.74, 6) is 0.327. The number of thiol groups is 1. The fourth-order valence-electron chi connectivity index (χ4n) is 3.27. The smallest absolute Gasteiger partial charge is 0.312 e. The molecule has 0 bridgehead atoms. The van der Waals surface area contributed by atoms with Gasteiger partial charge in [-0.1, -0.05) is 19.1 Å². The predicted octanol–water partition coefficient (Wildman–Crippen LogP) is 3.74. The number of unbranched alkanes of at least 4 members (excludes halogenated alkanes) is 2. The van der Waals surface area contributed by atoms with Gasteiger partial charge in [-0.25, -0.2) is 0 Å². The zero-order valence-corrected chi connectivity index (χ0v) is 17.7. The Labute approximate surface area is 167 Å². The molecule has 1 fully saturated rings. The molecule has 146 valence electrons. The highest BCUT2D eigenvalue weighted by molar-refractivity contribution is 7.82. The third-order valence-corrected chi connectivity index (χ3v) is 6.59. The van der Waals surface area contributed by atoms with E-state index >= 15 is 0 Å². The Kier molecular flexibility index (Phi) is 7.52. The van der Waals surface area contributed by atoms with Crippen molar-refractivity contribution in [3.05, 3.63) is 12.3 Å². The summed E-state index contributed by atoms with van der Waals surface area (Å²) < 4.78 is 5.42. The molecule has 0 N–H and O–H groups in total. The highest BCUT2D eigenvalue weighted by Crippen LogP contribution is 2.46. The molecule has 0 spiro atoms. The van der Waals surface area contributed by atoms with E-state index in [4.69, 9.17) is 17.0 Å². The summed E-state index contributed by atoms with van der Waals surface area (Å²) in [6.07, 6.45) is 8.46. The van der Waals surface area contributed by atoms with Gasteiger partial charge in [0.2, 0.25) is 5.91 Å². The number of carbonyl (C=O) groups excluding carboxylic acids is 2. The van der Waals surface area contributed by atoms with Crippen LogP contribution in [0, 0.1) is 11.3 Å². The Morgan fingerprint density at radius 2 is 2.12 bits per heavy atom. The van der Waals surface area contributed by atoms with E-state index in [1.54, 1.807) is 11.0 Å². The number of nitrogens with zero attached hydrogens (tertiary/aromatic N) is 2. The first-order valence-electron chi connectivity index (χ1n) is 9.46. The van der Waals surface area contributed by atoms with Crippen molar-refractivity contribution in [2.75, 3.05) is 13.2 Å². The largest absolute Gasteiger partial charge is 0.465 e. The summed E-state index contributed by atoms with van der Waals surface area (Å²) in [5.41, 5.74) is -0.628. The quantitative estimate of drug-likeness (QED) is 0.292. The van der Waals surface area contributed by atoms with Gasteiger partial charge in [-0.3, -0.25) is 14.5 Å². The van der Waals surface area contributed by atoms with Crippen LogP contribution in [0.2, 0.25) is 0 Å². The summed E-state index contributed by atoms with van der Waals surface area (Å²) in [6, 6.07) is 0. The van der Waals surface area contributed by atoms with E-state index in [-0.39, 0.29) is 22.8 Å². The highest BCUT2D eigenvalue weighted by atomic mass is 32.1. The van der Waals surface area contributed by atoms with Crippen LogP contribution in [0.4, 0.5) is 0 Å². The summed E-state index contributed by atoms with van der Waals surface area (Å²) in [5, 5.41) is 0. The molecule has 1 amide bonds. The van der Waals surface area contributed by atoms with Gasteiger partial charge in [0.25, 0.3) is 0 Å². The summed E-state index contributed by atoms with van der Waals surface area (Å²) >= 11 is 9.79. The minimum Gasteiger partial charge on any atom is -0.465 e. The SMILES string of the molecule is CCN1C=CC(=S)N(C(=O)CCCCCOC(=O)C2(C)CCC2C)C1S. The number of esters is 1. The van der Waals surface area contributed by atoms with E-state index in [1.807, 2.05) is 24.9 Å². The average Bonchev–Trinajstić information content (AvgIpc) is 2.62. The lowest BCUT2D eigenvalue weighted by Crippen LogP contribution is -2.50. The molecule has 3 unspecified atom stereocenters. The lowest BCUT2D eigenvalue weighted by molar-refractivity contribution is -0.165. The Morgan fingerprint density at radius 1 is 1.38 bits per heavy atom. The number of rotatable bonds is 8. The van der Waals surface area contributed by atoms with Gasteiger partial charge in [0.15, 0.2) is 5.50 Å².